The monoisotopic (exact) mass is 411 g/mol. The summed E-state index contributed by atoms with van der Waals surface area (Å²) in [5, 5.41) is 0.456. The molecule has 160 valence electrons. The van der Waals surface area contributed by atoms with Crippen molar-refractivity contribution in [2.45, 2.75) is 57.5 Å². The summed E-state index contributed by atoms with van der Waals surface area (Å²) in [4.78, 5) is 31.8. The van der Waals surface area contributed by atoms with Crippen molar-refractivity contribution >= 4 is 16.8 Å². The van der Waals surface area contributed by atoms with E-state index in [9.17, 15) is 9.59 Å². The van der Waals surface area contributed by atoms with E-state index in [1.807, 2.05) is 4.90 Å². The Hall–Kier alpha value is -3.01. The van der Waals surface area contributed by atoms with E-state index in [0.29, 0.717) is 48.3 Å². The van der Waals surface area contributed by atoms with Crippen LogP contribution in [0.15, 0.2) is 23.3 Å². The number of aryl methyl sites for hydroxylation is 1. The average molecular weight is 412 g/mol. The smallest absolute Gasteiger partial charge is 0.261 e. The molecule has 0 bridgehead atoms. The van der Waals surface area contributed by atoms with Crippen LogP contribution in [-0.4, -0.2) is 47.2 Å². The third kappa shape index (κ3) is 4.76. The molecule has 1 aromatic heterocycles. The summed E-state index contributed by atoms with van der Waals surface area (Å²) in [5.74, 6) is 3.69. The molecule has 1 amide bonds. The Kier molecular flexibility index (Phi) is 7.34. The van der Waals surface area contributed by atoms with Gasteiger partial charge in [0, 0.05) is 25.1 Å². The van der Waals surface area contributed by atoms with Crippen molar-refractivity contribution in [1.82, 2.24) is 14.5 Å². The molecule has 0 spiro atoms. The van der Waals surface area contributed by atoms with E-state index in [-0.39, 0.29) is 17.5 Å². The molecule has 7 nitrogen and oxygen atoms in total. The highest BCUT2D eigenvalue weighted by Gasteiger charge is 2.24. The van der Waals surface area contributed by atoms with Crippen molar-refractivity contribution < 1.29 is 14.3 Å². The minimum atomic E-state index is -0.166. The molecule has 2 aromatic rings. The van der Waals surface area contributed by atoms with Gasteiger partial charge in [0.05, 0.1) is 38.0 Å². The first-order valence-corrected chi connectivity index (χ1v) is 10.4. The SMILES string of the molecule is C#CCN(C(=O)CCCn1cnc2cc(OC)c(OC)cc2c1=O)C1CCCCC1. The molecule has 1 aliphatic carbocycles. The van der Waals surface area contributed by atoms with Gasteiger partial charge in [0.15, 0.2) is 11.5 Å². The van der Waals surface area contributed by atoms with Crippen LogP contribution in [0.25, 0.3) is 10.9 Å². The molecule has 1 aromatic carbocycles. The normalized spacial score (nSPS) is 14.3. The maximum absolute atomic E-state index is 12.9. The molecule has 1 saturated carbocycles. The lowest BCUT2D eigenvalue weighted by molar-refractivity contribution is -0.133. The summed E-state index contributed by atoms with van der Waals surface area (Å²) in [6.45, 7) is 0.763. The molecule has 1 heterocycles. The van der Waals surface area contributed by atoms with Gasteiger partial charge in [-0.05, 0) is 25.3 Å². The van der Waals surface area contributed by atoms with Gasteiger partial charge in [0.25, 0.3) is 5.56 Å². The minimum Gasteiger partial charge on any atom is -0.493 e. The number of carbonyl (C=O) groups is 1. The molecule has 0 unspecified atom stereocenters. The number of methoxy groups -OCH3 is 2. The second-order valence-corrected chi connectivity index (χ2v) is 7.59. The highest BCUT2D eigenvalue weighted by atomic mass is 16.5. The van der Waals surface area contributed by atoms with E-state index in [4.69, 9.17) is 15.9 Å². The molecule has 0 saturated heterocycles. The Morgan fingerprint density at radius 2 is 1.93 bits per heavy atom. The highest BCUT2D eigenvalue weighted by Crippen LogP contribution is 2.29. The van der Waals surface area contributed by atoms with Crippen molar-refractivity contribution in [3.63, 3.8) is 0 Å². The zero-order valence-electron chi connectivity index (χ0n) is 17.7. The Bertz CT molecular complexity index is 986. The third-order valence-electron chi connectivity index (χ3n) is 5.72. The zero-order valence-corrected chi connectivity index (χ0v) is 17.7. The van der Waals surface area contributed by atoms with Crippen LogP contribution in [0, 0.1) is 12.3 Å². The van der Waals surface area contributed by atoms with Crippen LogP contribution in [0.1, 0.15) is 44.9 Å². The second kappa shape index (κ2) is 10.1. The van der Waals surface area contributed by atoms with Gasteiger partial charge in [-0.2, -0.15) is 0 Å². The molecule has 3 rings (SSSR count). The van der Waals surface area contributed by atoms with E-state index >= 15 is 0 Å². The summed E-state index contributed by atoms with van der Waals surface area (Å²) in [5.41, 5.74) is 0.378. The number of hydrogen-bond acceptors (Lipinski definition) is 5. The van der Waals surface area contributed by atoms with Crippen LogP contribution >= 0.6 is 0 Å². The number of fused-ring (bicyclic) bond motifs is 1. The van der Waals surface area contributed by atoms with Crippen molar-refractivity contribution in [2.24, 2.45) is 0 Å². The van der Waals surface area contributed by atoms with Crippen LogP contribution in [-0.2, 0) is 11.3 Å². The molecule has 7 heteroatoms. The van der Waals surface area contributed by atoms with Crippen LogP contribution in [0.3, 0.4) is 0 Å². The van der Waals surface area contributed by atoms with E-state index in [2.05, 4.69) is 10.9 Å². The second-order valence-electron chi connectivity index (χ2n) is 7.59. The molecule has 1 fully saturated rings. The number of hydrogen-bond donors (Lipinski definition) is 0. The number of benzene rings is 1. The Balaban J connectivity index is 1.69. The number of carbonyl (C=O) groups excluding carboxylic acids is 1. The number of nitrogens with zero attached hydrogens (tertiary/aromatic N) is 3. The van der Waals surface area contributed by atoms with Gasteiger partial charge in [-0.3, -0.25) is 14.2 Å². The highest BCUT2D eigenvalue weighted by molar-refractivity contribution is 5.81. The van der Waals surface area contributed by atoms with Crippen LogP contribution in [0.4, 0.5) is 0 Å². The molecular weight excluding hydrogens is 382 g/mol. The zero-order chi connectivity index (χ0) is 21.5. The molecule has 30 heavy (non-hydrogen) atoms. The Morgan fingerprint density at radius 3 is 2.60 bits per heavy atom. The van der Waals surface area contributed by atoms with E-state index < -0.39 is 0 Å². The minimum absolute atomic E-state index is 0.0630. The van der Waals surface area contributed by atoms with Crippen molar-refractivity contribution in [1.29, 1.82) is 0 Å². The van der Waals surface area contributed by atoms with Crippen LogP contribution < -0.4 is 15.0 Å². The first-order valence-electron chi connectivity index (χ1n) is 10.4. The van der Waals surface area contributed by atoms with Crippen molar-refractivity contribution in [3.05, 3.63) is 28.8 Å². The van der Waals surface area contributed by atoms with Crippen LogP contribution in [0.5, 0.6) is 11.5 Å². The lowest BCUT2D eigenvalue weighted by atomic mass is 9.94. The third-order valence-corrected chi connectivity index (χ3v) is 5.72. The van der Waals surface area contributed by atoms with Crippen molar-refractivity contribution in [2.75, 3.05) is 20.8 Å². The predicted octanol–water partition coefficient (Wildman–Crippen LogP) is 2.99. The summed E-state index contributed by atoms with van der Waals surface area (Å²) >= 11 is 0. The number of amides is 1. The van der Waals surface area contributed by atoms with E-state index in [1.165, 1.54) is 24.4 Å². The molecule has 0 N–H and O–H groups in total. The van der Waals surface area contributed by atoms with E-state index in [1.54, 1.807) is 19.2 Å². The van der Waals surface area contributed by atoms with Gasteiger partial charge in [0.1, 0.15) is 0 Å². The standard InChI is InChI=1S/C23H29N3O4/c1-4-12-26(17-9-6-5-7-10-17)22(27)11-8-13-25-16-24-19-15-21(30-3)20(29-2)14-18(19)23(25)28/h1,14-17H,5-13H2,2-3H3. The largest absolute Gasteiger partial charge is 0.493 e. The predicted molar refractivity (Wildman–Crippen MR) is 116 cm³/mol. The Labute approximate surface area is 177 Å². The van der Waals surface area contributed by atoms with Crippen LogP contribution in [0.2, 0.25) is 0 Å². The molecule has 0 aliphatic heterocycles. The number of ether oxygens (including phenoxy) is 2. The van der Waals surface area contributed by atoms with Crippen molar-refractivity contribution in [3.8, 4) is 23.8 Å². The molecule has 0 atom stereocenters. The summed E-state index contributed by atoms with van der Waals surface area (Å²) in [7, 11) is 3.07. The van der Waals surface area contributed by atoms with E-state index in [0.717, 1.165) is 25.7 Å². The number of aromatic nitrogens is 2. The molecule has 0 radical (unpaired) electrons. The van der Waals surface area contributed by atoms with Gasteiger partial charge < -0.3 is 14.4 Å². The maximum Gasteiger partial charge on any atom is 0.261 e. The van der Waals surface area contributed by atoms with Gasteiger partial charge in [0.2, 0.25) is 5.91 Å². The lowest BCUT2D eigenvalue weighted by Gasteiger charge is -2.33. The van der Waals surface area contributed by atoms with Gasteiger partial charge in [-0.15, -0.1) is 6.42 Å². The lowest BCUT2D eigenvalue weighted by Crippen LogP contribution is -2.41. The fourth-order valence-electron chi connectivity index (χ4n) is 4.10. The van der Waals surface area contributed by atoms with Gasteiger partial charge in [-0.25, -0.2) is 4.98 Å². The molecule has 1 aliphatic rings. The summed E-state index contributed by atoms with van der Waals surface area (Å²) < 4.78 is 12.1. The van der Waals surface area contributed by atoms with Gasteiger partial charge in [-0.1, -0.05) is 25.2 Å². The first kappa shape index (κ1) is 21.7. The number of terminal acetylenes is 1. The fraction of sp³-hybridized carbons (Fsp3) is 0.522. The molecular formula is C23H29N3O4. The average Bonchev–Trinajstić information content (AvgIpc) is 2.78. The quantitative estimate of drug-likeness (QED) is 0.625. The first-order chi connectivity index (χ1) is 14.6. The van der Waals surface area contributed by atoms with Gasteiger partial charge >= 0.3 is 0 Å². The maximum atomic E-state index is 12.9. The number of rotatable bonds is 8. The summed E-state index contributed by atoms with van der Waals surface area (Å²) in [6, 6.07) is 3.57. The summed E-state index contributed by atoms with van der Waals surface area (Å²) in [6.07, 6.45) is 13.5. The Morgan fingerprint density at radius 1 is 1.23 bits per heavy atom. The topological polar surface area (TPSA) is 73.7 Å². The fourth-order valence-corrected chi connectivity index (χ4v) is 4.10.